The number of ether oxygens (including phenoxy) is 1. The van der Waals surface area contributed by atoms with Crippen molar-refractivity contribution in [1.29, 1.82) is 0 Å². The first kappa shape index (κ1) is 18.7. The van der Waals surface area contributed by atoms with E-state index in [1.165, 1.54) is 0 Å². The summed E-state index contributed by atoms with van der Waals surface area (Å²) >= 11 is 12.5. The van der Waals surface area contributed by atoms with Gasteiger partial charge in [0.1, 0.15) is 5.82 Å². The minimum atomic E-state index is -0.207. The topological polar surface area (TPSA) is 67.0 Å². The third-order valence-electron chi connectivity index (χ3n) is 4.54. The summed E-state index contributed by atoms with van der Waals surface area (Å²) in [6.45, 7) is 0. The molecule has 1 aliphatic carbocycles. The summed E-state index contributed by atoms with van der Waals surface area (Å²) in [5.74, 6) is 0.352. The Labute approximate surface area is 172 Å². The lowest BCUT2D eigenvalue weighted by Crippen LogP contribution is -2.24. The number of methoxy groups -OCH3 is 1. The number of rotatable bonds is 4. The van der Waals surface area contributed by atoms with Crippen molar-refractivity contribution >= 4 is 40.1 Å². The summed E-state index contributed by atoms with van der Waals surface area (Å²) in [4.78, 5) is 20.4. The Hall–Kier alpha value is -2.60. The molecule has 0 radical (unpaired) electrons. The molecule has 1 aromatic heterocycles. The fourth-order valence-corrected chi connectivity index (χ4v) is 3.67. The van der Waals surface area contributed by atoms with Crippen LogP contribution in [-0.2, 0) is 4.74 Å². The highest BCUT2D eigenvalue weighted by Gasteiger charge is 2.15. The fraction of sp³-hybridized carbons (Fsp3) is 0.143. The standard InChI is InChI=1S/C21H17Cl2N3O2/c1-28-14-5-2-4-13(11-14)24-21(27)12-8-9-17-18(10-12)26-20(25-17)19-15(22)6-3-7-16(19)23/h2-4,6-11,14H,5H2,1H3,(H,24,27)(H,25,26). The van der Waals surface area contributed by atoms with Gasteiger partial charge in [-0.1, -0.05) is 35.3 Å². The second kappa shape index (κ2) is 7.80. The van der Waals surface area contributed by atoms with Crippen molar-refractivity contribution in [3.8, 4) is 11.4 Å². The van der Waals surface area contributed by atoms with E-state index in [0.717, 1.165) is 23.2 Å². The van der Waals surface area contributed by atoms with E-state index in [9.17, 15) is 4.79 Å². The van der Waals surface area contributed by atoms with Crippen molar-refractivity contribution in [3.05, 3.63) is 75.9 Å². The lowest BCUT2D eigenvalue weighted by atomic mass is 10.1. The van der Waals surface area contributed by atoms with E-state index in [-0.39, 0.29) is 12.0 Å². The number of imidazole rings is 1. The Morgan fingerprint density at radius 2 is 2.04 bits per heavy atom. The summed E-state index contributed by atoms with van der Waals surface area (Å²) in [6.07, 6.45) is 6.51. The Kier molecular flexibility index (Phi) is 5.22. The van der Waals surface area contributed by atoms with Gasteiger partial charge in [-0.2, -0.15) is 0 Å². The van der Waals surface area contributed by atoms with Crippen LogP contribution in [0.2, 0.25) is 10.0 Å². The molecule has 4 rings (SSSR count). The summed E-state index contributed by atoms with van der Waals surface area (Å²) in [5.41, 5.74) is 3.31. The molecule has 0 saturated heterocycles. The highest BCUT2D eigenvalue weighted by Crippen LogP contribution is 2.33. The molecule has 0 bridgehead atoms. The summed E-state index contributed by atoms with van der Waals surface area (Å²) in [5, 5.41) is 3.91. The number of H-pyrrole nitrogens is 1. The number of allylic oxidation sites excluding steroid dienone is 1. The molecule has 142 valence electrons. The maximum absolute atomic E-state index is 12.6. The van der Waals surface area contributed by atoms with Gasteiger partial charge >= 0.3 is 0 Å². The van der Waals surface area contributed by atoms with Gasteiger partial charge < -0.3 is 15.0 Å². The van der Waals surface area contributed by atoms with Gasteiger partial charge in [0.25, 0.3) is 5.91 Å². The molecule has 3 aromatic rings. The van der Waals surface area contributed by atoms with Crippen molar-refractivity contribution in [3.63, 3.8) is 0 Å². The third kappa shape index (κ3) is 3.69. The van der Waals surface area contributed by atoms with E-state index in [1.807, 2.05) is 18.2 Å². The molecule has 2 N–H and O–H groups in total. The molecule has 28 heavy (non-hydrogen) atoms. The number of aromatic nitrogens is 2. The molecule has 0 aliphatic heterocycles. The molecule has 5 nitrogen and oxygen atoms in total. The number of hydrogen-bond donors (Lipinski definition) is 2. The van der Waals surface area contributed by atoms with Crippen LogP contribution in [0.3, 0.4) is 0 Å². The van der Waals surface area contributed by atoms with Crippen molar-refractivity contribution in [1.82, 2.24) is 15.3 Å². The monoisotopic (exact) mass is 413 g/mol. The first-order valence-electron chi connectivity index (χ1n) is 8.72. The Morgan fingerprint density at radius 1 is 1.25 bits per heavy atom. The average Bonchev–Trinajstić information content (AvgIpc) is 3.10. The maximum atomic E-state index is 12.6. The number of fused-ring (bicyclic) bond motifs is 1. The molecule has 0 saturated carbocycles. The molecule has 2 aromatic carbocycles. The van der Waals surface area contributed by atoms with Crippen LogP contribution in [0.4, 0.5) is 0 Å². The van der Waals surface area contributed by atoms with E-state index < -0.39 is 0 Å². The van der Waals surface area contributed by atoms with Crippen LogP contribution in [-0.4, -0.2) is 29.1 Å². The number of carbonyl (C=O) groups excluding carboxylic acids is 1. The van der Waals surface area contributed by atoms with Crippen molar-refractivity contribution in [2.75, 3.05) is 7.11 Å². The van der Waals surface area contributed by atoms with Crippen LogP contribution >= 0.6 is 23.2 Å². The van der Waals surface area contributed by atoms with E-state index in [4.69, 9.17) is 27.9 Å². The van der Waals surface area contributed by atoms with E-state index >= 15 is 0 Å². The third-order valence-corrected chi connectivity index (χ3v) is 5.17. The number of hydrogen-bond acceptors (Lipinski definition) is 3. The SMILES string of the molecule is COC1C=C(NC(=O)c2ccc3nc(-c4c(Cl)cccc4Cl)[nH]c3c2)C=CC1. The molecule has 7 heteroatoms. The largest absolute Gasteiger partial charge is 0.377 e. The van der Waals surface area contributed by atoms with Crippen LogP contribution in [0.5, 0.6) is 0 Å². The van der Waals surface area contributed by atoms with Gasteiger partial charge in [-0.3, -0.25) is 4.79 Å². The highest BCUT2D eigenvalue weighted by atomic mass is 35.5. The minimum Gasteiger partial charge on any atom is -0.377 e. The Morgan fingerprint density at radius 3 is 2.79 bits per heavy atom. The predicted octanol–water partition coefficient (Wildman–Crippen LogP) is 5.13. The van der Waals surface area contributed by atoms with Gasteiger partial charge in [-0.15, -0.1) is 0 Å². The van der Waals surface area contributed by atoms with Crippen LogP contribution < -0.4 is 5.32 Å². The number of nitrogens with zero attached hydrogens (tertiary/aromatic N) is 1. The first-order chi connectivity index (χ1) is 13.5. The Balaban J connectivity index is 1.62. The number of aromatic amines is 1. The number of halogens is 2. The summed E-state index contributed by atoms with van der Waals surface area (Å²) in [7, 11) is 1.65. The average molecular weight is 414 g/mol. The number of benzene rings is 2. The first-order valence-corrected chi connectivity index (χ1v) is 9.47. The lowest BCUT2D eigenvalue weighted by Gasteiger charge is -2.15. The second-order valence-corrected chi connectivity index (χ2v) is 7.22. The Bertz CT molecular complexity index is 1100. The van der Waals surface area contributed by atoms with Gasteiger partial charge in [0.05, 0.1) is 32.7 Å². The van der Waals surface area contributed by atoms with Crippen molar-refractivity contribution in [2.45, 2.75) is 12.5 Å². The molecule has 0 fully saturated rings. The van der Waals surface area contributed by atoms with E-state index in [0.29, 0.717) is 27.0 Å². The second-order valence-electron chi connectivity index (χ2n) is 6.40. The maximum Gasteiger partial charge on any atom is 0.255 e. The number of carbonyl (C=O) groups is 1. The summed E-state index contributed by atoms with van der Waals surface area (Å²) in [6, 6.07) is 10.6. The number of amides is 1. The molecule has 0 spiro atoms. The van der Waals surface area contributed by atoms with Gasteiger partial charge in [0, 0.05) is 18.4 Å². The number of nitrogens with one attached hydrogen (secondary N) is 2. The summed E-state index contributed by atoms with van der Waals surface area (Å²) < 4.78 is 5.32. The molecule has 1 atom stereocenters. The van der Waals surface area contributed by atoms with Gasteiger partial charge in [0.15, 0.2) is 0 Å². The van der Waals surface area contributed by atoms with Gasteiger partial charge in [-0.05, 0) is 48.9 Å². The van der Waals surface area contributed by atoms with Gasteiger partial charge in [-0.25, -0.2) is 4.98 Å². The van der Waals surface area contributed by atoms with E-state index in [2.05, 4.69) is 15.3 Å². The lowest BCUT2D eigenvalue weighted by molar-refractivity contribution is 0.0965. The molecule has 1 aliphatic rings. The molecular formula is C21H17Cl2N3O2. The zero-order chi connectivity index (χ0) is 19.7. The van der Waals surface area contributed by atoms with Crippen LogP contribution in [0, 0.1) is 0 Å². The zero-order valence-corrected chi connectivity index (χ0v) is 16.5. The molecule has 1 amide bonds. The van der Waals surface area contributed by atoms with Crippen LogP contribution in [0.25, 0.3) is 22.4 Å². The van der Waals surface area contributed by atoms with Gasteiger partial charge in [0.2, 0.25) is 0 Å². The molecule has 1 unspecified atom stereocenters. The van der Waals surface area contributed by atoms with Crippen molar-refractivity contribution < 1.29 is 9.53 Å². The van der Waals surface area contributed by atoms with Crippen LogP contribution in [0.15, 0.2) is 60.3 Å². The highest BCUT2D eigenvalue weighted by molar-refractivity contribution is 6.39. The quantitative estimate of drug-likeness (QED) is 0.623. The van der Waals surface area contributed by atoms with Crippen LogP contribution in [0.1, 0.15) is 16.8 Å². The smallest absolute Gasteiger partial charge is 0.255 e. The molecule has 1 heterocycles. The van der Waals surface area contributed by atoms with Crippen molar-refractivity contribution in [2.24, 2.45) is 0 Å². The molecular weight excluding hydrogens is 397 g/mol. The minimum absolute atomic E-state index is 0.0293. The fourth-order valence-electron chi connectivity index (χ4n) is 3.10. The normalized spacial score (nSPS) is 16.2. The predicted molar refractivity (Wildman–Crippen MR) is 112 cm³/mol. The van der Waals surface area contributed by atoms with E-state index in [1.54, 1.807) is 43.5 Å². The zero-order valence-electron chi connectivity index (χ0n) is 15.0.